The van der Waals surface area contributed by atoms with Gasteiger partial charge in [0.25, 0.3) is 0 Å². The summed E-state index contributed by atoms with van der Waals surface area (Å²) in [5.41, 5.74) is 2.24. The Balaban J connectivity index is 1.85. The van der Waals surface area contributed by atoms with E-state index < -0.39 is 0 Å². The molecule has 118 valence electrons. The summed E-state index contributed by atoms with van der Waals surface area (Å²) < 4.78 is 5.85. The standard InChI is InChI=1S/C19H24ClNO/c1-15(2)10-11-21-13-16-6-5-8-18(12-16)22-14-17-7-3-4-9-19(17)20/h3-9,12,15,21H,10-11,13-14H2,1-2H3. The minimum Gasteiger partial charge on any atom is -0.489 e. The van der Waals surface area contributed by atoms with Crippen molar-refractivity contribution in [2.24, 2.45) is 5.92 Å². The molecule has 22 heavy (non-hydrogen) atoms. The van der Waals surface area contributed by atoms with E-state index in [1.165, 1.54) is 12.0 Å². The molecule has 0 aromatic heterocycles. The molecule has 0 bridgehead atoms. The molecule has 0 spiro atoms. The van der Waals surface area contributed by atoms with E-state index in [0.29, 0.717) is 6.61 Å². The number of benzene rings is 2. The molecule has 0 saturated carbocycles. The highest BCUT2D eigenvalue weighted by Gasteiger charge is 2.02. The lowest BCUT2D eigenvalue weighted by Gasteiger charge is -2.10. The minimum atomic E-state index is 0.490. The van der Waals surface area contributed by atoms with E-state index in [2.05, 4.69) is 31.3 Å². The van der Waals surface area contributed by atoms with Crippen molar-refractivity contribution in [2.45, 2.75) is 33.4 Å². The van der Waals surface area contributed by atoms with Gasteiger partial charge in [0, 0.05) is 17.1 Å². The van der Waals surface area contributed by atoms with Crippen molar-refractivity contribution in [3.05, 3.63) is 64.7 Å². The van der Waals surface area contributed by atoms with Gasteiger partial charge < -0.3 is 10.1 Å². The molecule has 0 saturated heterocycles. The first-order valence-electron chi connectivity index (χ1n) is 7.81. The topological polar surface area (TPSA) is 21.3 Å². The fourth-order valence-electron chi connectivity index (χ4n) is 2.15. The van der Waals surface area contributed by atoms with Gasteiger partial charge in [0.15, 0.2) is 0 Å². The quantitative estimate of drug-likeness (QED) is 0.687. The molecule has 2 rings (SSSR count). The highest BCUT2D eigenvalue weighted by atomic mass is 35.5. The van der Waals surface area contributed by atoms with Crippen LogP contribution in [0.5, 0.6) is 5.75 Å². The highest BCUT2D eigenvalue weighted by molar-refractivity contribution is 6.31. The lowest BCUT2D eigenvalue weighted by Crippen LogP contribution is -2.16. The van der Waals surface area contributed by atoms with Crippen LogP contribution in [0.1, 0.15) is 31.4 Å². The summed E-state index contributed by atoms with van der Waals surface area (Å²) >= 11 is 6.14. The molecule has 0 unspecified atom stereocenters. The van der Waals surface area contributed by atoms with E-state index >= 15 is 0 Å². The summed E-state index contributed by atoms with van der Waals surface area (Å²) in [5.74, 6) is 1.61. The number of nitrogens with one attached hydrogen (secondary N) is 1. The number of rotatable bonds is 8. The predicted molar refractivity (Wildman–Crippen MR) is 93.4 cm³/mol. The van der Waals surface area contributed by atoms with Gasteiger partial charge in [-0.2, -0.15) is 0 Å². The third-order valence-electron chi connectivity index (χ3n) is 3.48. The molecule has 3 heteroatoms. The molecule has 0 atom stereocenters. The lowest BCUT2D eigenvalue weighted by atomic mass is 10.1. The molecule has 2 aromatic rings. The smallest absolute Gasteiger partial charge is 0.120 e. The van der Waals surface area contributed by atoms with Gasteiger partial charge in [0.2, 0.25) is 0 Å². The monoisotopic (exact) mass is 317 g/mol. The second-order valence-corrected chi connectivity index (χ2v) is 6.29. The van der Waals surface area contributed by atoms with Crippen LogP contribution in [0.4, 0.5) is 0 Å². The van der Waals surface area contributed by atoms with E-state index in [-0.39, 0.29) is 0 Å². The Morgan fingerprint density at radius 1 is 1.09 bits per heavy atom. The SMILES string of the molecule is CC(C)CCNCc1cccc(OCc2ccccc2Cl)c1. The highest BCUT2D eigenvalue weighted by Crippen LogP contribution is 2.19. The Morgan fingerprint density at radius 3 is 2.68 bits per heavy atom. The lowest BCUT2D eigenvalue weighted by molar-refractivity contribution is 0.306. The Labute approximate surface area is 138 Å². The van der Waals surface area contributed by atoms with E-state index in [0.717, 1.165) is 35.3 Å². The molecule has 0 fully saturated rings. The molecule has 2 nitrogen and oxygen atoms in total. The van der Waals surface area contributed by atoms with Gasteiger partial charge in [-0.05, 0) is 42.6 Å². The van der Waals surface area contributed by atoms with E-state index in [9.17, 15) is 0 Å². The second kappa shape index (κ2) is 8.82. The molecule has 0 aliphatic rings. The summed E-state index contributed by atoms with van der Waals surface area (Å²) in [6.45, 7) is 6.89. The zero-order valence-corrected chi connectivity index (χ0v) is 14.1. The van der Waals surface area contributed by atoms with E-state index in [4.69, 9.17) is 16.3 Å². The van der Waals surface area contributed by atoms with Crippen LogP contribution in [0.15, 0.2) is 48.5 Å². The van der Waals surface area contributed by atoms with E-state index in [1.807, 2.05) is 36.4 Å². The average molecular weight is 318 g/mol. The summed E-state index contributed by atoms with van der Waals surface area (Å²) in [5, 5.41) is 4.21. The first-order chi connectivity index (χ1) is 10.6. The number of hydrogen-bond donors (Lipinski definition) is 1. The van der Waals surface area contributed by atoms with Crippen molar-refractivity contribution in [3.8, 4) is 5.75 Å². The van der Waals surface area contributed by atoms with Crippen LogP contribution in [0.25, 0.3) is 0 Å². The van der Waals surface area contributed by atoms with E-state index in [1.54, 1.807) is 0 Å². The molecule has 0 aliphatic carbocycles. The van der Waals surface area contributed by atoms with Gasteiger partial charge in [-0.1, -0.05) is 55.8 Å². The van der Waals surface area contributed by atoms with Crippen molar-refractivity contribution in [1.29, 1.82) is 0 Å². The molecule has 2 aromatic carbocycles. The Morgan fingerprint density at radius 2 is 1.91 bits per heavy atom. The van der Waals surface area contributed by atoms with Gasteiger partial charge in [-0.15, -0.1) is 0 Å². The number of halogens is 1. The molecule has 1 N–H and O–H groups in total. The zero-order valence-electron chi connectivity index (χ0n) is 13.3. The van der Waals surface area contributed by atoms with Crippen molar-refractivity contribution in [2.75, 3.05) is 6.54 Å². The second-order valence-electron chi connectivity index (χ2n) is 5.89. The van der Waals surface area contributed by atoms with Crippen molar-refractivity contribution < 1.29 is 4.74 Å². The fraction of sp³-hybridized carbons (Fsp3) is 0.368. The minimum absolute atomic E-state index is 0.490. The fourth-order valence-corrected chi connectivity index (χ4v) is 2.34. The van der Waals surface area contributed by atoms with Crippen molar-refractivity contribution >= 4 is 11.6 Å². The van der Waals surface area contributed by atoms with Gasteiger partial charge in [0.1, 0.15) is 12.4 Å². The molecule has 0 radical (unpaired) electrons. The van der Waals surface area contributed by atoms with Gasteiger partial charge in [-0.3, -0.25) is 0 Å². The maximum Gasteiger partial charge on any atom is 0.120 e. The third kappa shape index (κ3) is 5.70. The third-order valence-corrected chi connectivity index (χ3v) is 3.85. The van der Waals surface area contributed by atoms with Gasteiger partial charge in [-0.25, -0.2) is 0 Å². The zero-order chi connectivity index (χ0) is 15.8. The first kappa shape index (κ1) is 16.9. The maximum atomic E-state index is 6.14. The largest absolute Gasteiger partial charge is 0.489 e. The van der Waals surface area contributed by atoms with Crippen molar-refractivity contribution in [3.63, 3.8) is 0 Å². The summed E-state index contributed by atoms with van der Waals surface area (Å²) in [6, 6.07) is 16.0. The number of hydrogen-bond acceptors (Lipinski definition) is 2. The Bertz CT molecular complexity index is 583. The summed E-state index contributed by atoms with van der Waals surface area (Å²) in [4.78, 5) is 0. The Kier molecular flexibility index (Phi) is 6.75. The maximum absolute atomic E-state index is 6.14. The normalized spacial score (nSPS) is 10.9. The molecular formula is C19H24ClNO. The summed E-state index contributed by atoms with van der Waals surface area (Å²) in [7, 11) is 0. The van der Waals surface area contributed by atoms with Crippen LogP contribution >= 0.6 is 11.6 Å². The van der Waals surface area contributed by atoms with Gasteiger partial charge in [0.05, 0.1) is 0 Å². The van der Waals surface area contributed by atoms with Crippen LogP contribution in [-0.2, 0) is 13.2 Å². The average Bonchev–Trinajstić information content (AvgIpc) is 2.51. The van der Waals surface area contributed by atoms with Crippen LogP contribution in [-0.4, -0.2) is 6.54 Å². The molecule has 0 heterocycles. The van der Waals surface area contributed by atoms with Crippen LogP contribution in [0.2, 0.25) is 5.02 Å². The molecule has 0 amide bonds. The van der Waals surface area contributed by atoms with Crippen LogP contribution in [0, 0.1) is 5.92 Å². The summed E-state index contributed by atoms with van der Waals surface area (Å²) in [6.07, 6.45) is 1.20. The first-order valence-corrected chi connectivity index (χ1v) is 8.19. The molecule has 0 aliphatic heterocycles. The van der Waals surface area contributed by atoms with Crippen molar-refractivity contribution in [1.82, 2.24) is 5.32 Å². The Hall–Kier alpha value is -1.51. The van der Waals surface area contributed by atoms with Crippen LogP contribution in [0.3, 0.4) is 0 Å². The number of ether oxygens (including phenoxy) is 1. The van der Waals surface area contributed by atoms with Gasteiger partial charge >= 0.3 is 0 Å². The van der Waals surface area contributed by atoms with Crippen LogP contribution < -0.4 is 10.1 Å². The molecular weight excluding hydrogens is 294 g/mol. The predicted octanol–water partition coefficient (Wildman–Crippen LogP) is 5.05.